The van der Waals surface area contributed by atoms with E-state index < -0.39 is 5.54 Å². The van der Waals surface area contributed by atoms with Crippen LogP contribution < -0.4 is 11.1 Å². The van der Waals surface area contributed by atoms with Crippen molar-refractivity contribution in [3.63, 3.8) is 0 Å². The number of benzene rings is 1. The molecule has 1 atom stereocenters. The molecule has 1 aromatic rings. The molecule has 1 unspecified atom stereocenters. The third kappa shape index (κ3) is 4.32. The molecule has 1 fully saturated rings. The maximum absolute atomic E-state index is 11.9. The molecule has 1 aliphatic carbocycles. The second kappa shape index (κ2) is 6.86. The molecule has 1 aliphatic rings. The minimum Gasteiger partial charge on any atom is -0.377 e. The fourth-order valence-electron chi connectivity index (χ4n) is 2.20. The number of hydrogen-bond acceptors (Lipinski definition) is 3. The smallest absolute Gasteiger partial charge is 0.240 e. The fraction of sp³-hybridized carbons (Fsp3) is 0.562. The third-order valence-electron chi connectivity index (χ3n) is 3.78. The Kier molecular flexibility index (Phi) is 5.15. The number of hydrogen-bond donors (Lipinski definition) is 2. The summed E-state index contributed by atoms with van der Waals surface area (Å²) in [5.41, 5.74) is 6.50. The highest BCUT2D eigenvalue weighted by atomic mass is 16.5. The average molecular weight is 276 g/mol. The van der Waals surface area contributed by atoms with Gasteiger partial charge in [-0.05, 0) is 37.7 Å². The second-order valence-corrected chi connectivity index (χ2v) is 5.70. The van der Waals surface area contributed by atoms with Crippen molar-refractivity contribution < 1.29 is 9.53 Å². The van der Waals surface area contributed by atoms with Crippen LogP contribution in [-0.4, -0.2) is 24.6 Å². The van der Waals surface area contributed by atoms with Crippen molar-refractivity contribution >= 4 is 5.91 Å². The van der Waals surface area contributed by atoms with E-state index in [0.29, 0.717) is 25.7 Å². The molecule has 0 aliphatic heterocycles. The van der Waals surface area contributed by atoms with Crippen LogP contribution in [0, 0.1) is 5.92 Å². The lowest BCUT2D eigenvalue weighted by Crippen LogP contribution is -2.53. The highest BCUT2D eigenvalue weighted by Crippen LogP contribution is 2.38. The molecule has 0 radical (unpaired) electrons. The Morgan fingerprint density at radius 3 is 2.75 bits per heavy atom. The van der Waals surface area contributed by atoms with Crippen LogP contribution in [0.3, 0.4) is 0 Å². The third-order valence-corrected chi connectivity index (χ3v) is 3.78. The van der Waals surface area contributed by atoms with Crippen LogP contribution in [0.5, 0.6) is 0 Å². The zero-order chi connectivity index (χ0) is 14.4. The predicted octanol–water partition coefficient (Wildman–Crippen LogP) is 1.84. The van der Waals surface area contributed by atoms with Gasteiger partial charge in [0.05, 0.1) is 12.1 Å². The number of nitrogens with one attached hydrogen (secondary N) is 1. The van der Waals surface area contributed by atoms with E-state index in [1.165, 1.54) is 5.56 Å². The van der Waals surface area contributed by atoms with Gasteiger partial charge in [-0.2, -0.15) is 0 Å². The Balaban J connectivity index is 1.54. The van der Waals surface area contributed by atoms with Crippen LogP contribution in [0.25, 0.3) is 0 Å². The molecule has 3 N–H and O–H groups in total. The van der Waals surface area contributed by atoms with Gasteiger partial charge in [0.25, 0.3) is 0 Å². The van der Waals surface area contributed by atoms with E-state index >= 15 is 0 Å². The van der Waals surface area contributed by atoms with Crippen LogP contribution in [0.2, 0.25) is 0 Å². The first-order valence-corrected chi connectivity index (χ1v) is 7.29. The molecule has 1 aromatic carbocycles. The monoisotopic (exact) mass is 276 g/mol. The number of amides is 1. The van der Waals surface area contributed by atoms with E-state index in [9.17, 15) is 4.79 Å². The number of ether oxygens (including phenoxy) is 1. The van der Waals surface area contributed by atoms with Crippen LogP contribution in [-0.2, 0) is 16.1 Å². The lowest BCUT2D eigenvalue weighted by atomic mass is 9.96. The van der Waals surface area contributed by atoms with Gasteiger partial charge >= 0.3 is 0 Å². The summed E-state index contributed by atoms with van der Waals surface area (Å²) in [6, 6.07) is 10.1. The van der Waals surface area contributed by atoms with Gasteiger partial charge in [0.15, 0.2) is 0 Å². The van der Waals surface area contributed by atoms with Gasteiger partial charge in [0, 0.05) is 13.2 Å². The highest BCUT2D eigenvalue weighted by Gasteiger charge is 2.43. The SMILES string of the molecule is CC(N)(C(=O)NCCCOCc1ccccc1)C1CC1. The molecule has 2 rings (SSSR count). The molecule has 0 heterocycles. The molecule has 20 heavy (non-hydrogen) atoms. The Bertz CT molecular complexity index is 427. The standard InChI is InChI=1S/C16H24N2O2/c1-16(17,14-8-9-14)15(19)18-10-5-11-20-12-13-6-3-2-4-7-13/h2-4,6-7,14H,5,8-12,17H2,1H3,(H,18,19). The Morgan fingerprint density at radius 2 is 2.10 bits per heavy atom. The average Bonchev–Trinajstić information content (AvgIpc) is 3.28. The van der Waals surface area contributed by atoms with Crippen LogP contribution >= 0.6 is 0 Å². The predicted molar refractivity (Wildman–Crippen MR) is 79.0 cm³/mol. The zero-order valence-corrected chi connectivity index (χ0v) is 12.1. The van der Waals surface area contributed by atoms with Gasteiger partial charge < -0.3 is 15.8 Å². The summed E-state index contributed by atoms with van der Waals surface area (Å²) in [5, 5.41) is 2.90. The maximum Gasteiger partial charge on any atom is 0.240 e. The van der Waals surface area contributed by atoms with Crippen LogP contribution in [0.15, 0.2) is 30.3 Å². The van der Waals surface area contributed by atoms with Gasteiger partial charge in [-0.1, -0.05) is 30.3 Å². The van der Waals surface area contributed by atoms with Crippen molar-refractivity contribution in [2.24, 2.45) is 11.7 Å². The lowest BCUT2D eigenvalue weighted by molar-refractivity contribution is -0.126. The summed E-state index contributed by atoms with van der Waals surface area (Å²) in [7, 11) is 0. The van der Waals surface area contributed by atoms with Crippen molar-refractivity contribution in [1.82, 2.24) is 5.32 Å². The van der Waals surface area contributed by atoms with Crippen molar-refractivity contribution in [1.29, 1.82) is 0 Å². The molecular weight excluding hydrogens is 252 g/mol. The summed E-state index contributed by atoms with van der Waals surface area (Å²) in [4.78, 5) is 11.9. The fourth-order valence-corrected chi connectivity index (χ4v) is 2.20. The number of nitrogens with two attached hydrogens (primary N) is 1. The van der Waals surface area contributed by atoms with Crippen molar-refractivity contribution in [3.05, 3.63) is 35.9 Å². The molecule has 0 saturated heterocycles. The Labute approximate surface area is 120 Å². The van der Waals surface area contributed by atoms with Gasteiger partial charge in [-0.25, -0.2) is 0 Å². The summed E-state index contributed by atoms with van der Waals surface area (Å²) in [6.45, 7) is 3.70. The quantitative estimate of drug-likeness (QED) is 0.712. The summed E-state index contributed by atoms with van der Waals surface area (Å²) >= 11 is 0. The number of rotatable bonds is 8. The molecule has 4 nitrogen and oxygen atoms in total. The first-order chi connectivity index (χ1) is 9.60. The first kappa shape index (κ1) is 15.0. The Morgan fingerprint density at radius 1 is 1.40 bits per heavy atom. The van der Waals surface area contributed by atoms with Crippen molar-refractivity contribution in [3.8, 4) is 0 Å². The number of carbonyl (C=O) groups is 1. The highest BCUT2D eigenvalue weighted by molar-refractivity contribution is 5.86. The first-order valence-electron chi connectivity index (χ1n) is 7.29. The summed E-state index contributed by atoms with van der Waals surface area (Å²) in [6.07, 6.45) is 2.94. The number of carbonyl (C=O) groups excluding carboxylic acids is 1. The molecule has 0 spiro atoms. The van der Waals surface area contributed by atoms with E-state index in [2.05, 4.69) is 5.32 Å². The molecular formula is C16H24N2O2. The molecule has 1 amide bonds. The Hall–Kier alpha value is -1.39. The van der Waals surface area contributed by atoms with E-state index in [4.69, 9.17) is 10.5 Å². The summed E-state index contributed by atoms with van der Waals surface area (Å²) in [5.74, 6) is 0.319. The summed E-state index contributed by atoms with van der Waals surface area (Å²) < 4.78 is 5.56. The second-order valence-electron chi connectivity index (χ2n) is 5.70. The van der Waals surface area contributed by atoms with Gasteiger partial charge in [0.1, 0.15) is 0 Å². The normalized spacial score (nSPS) is 17.5. The topological polar surface area (TPSA) is 64.4 Å². The minimum absolute atomic E-state index is 0.0388. The van der Waals surface area contributed by atoms with Crippen molar-refractivity contribution in [2.45, 2.75) is 38.3 Å². The van der Waals surface area contributed by atoms with Gasteiger partial charge in [-0.15, -0.1) is 0 Å². The van der Waals surface area contributed by atoms with E-state index in [1.807, 2.05) is 37.3 Å². The van der Waals surface area contributed by atoms with Gasteiger partial charge in [-0.3, -0.25) is 4.79 Å². The molecule has 4 heteroatoms. The lowest BCUT2D eigenvalue weighted by Gasteiger charge is -2.23. The van der Waals surface area contributed by atoms with E-state index in [-0.39, 0.29) is 5.91 Å². The molecule has 110 valence electrons. The van der Waals surface area contributed by atoms with E-state index in [1.54, 1.807) is 0 Å². The van der Waals surface area contributed by atoms with Crippen molar-refractivity contribution in [2.75, 3.05) is 13.2 Å². The molecule has 1 saturated carbocycles. The molecule has 0 aromatic heterocycles. The molecule has 0 bridgehead atoms. The van der Waals surface area contributed by atoms with Gasteiger partial charge in [0.2, 0.25) is 5.91 Å². The largest absolute Gasteiger partial charge is 0.377 e. The minimum atomic E-state index is -0.703. The maximum atomic E-state index is 11.9. The van der Waals surface area contributed by atoms with E-state index in [0.717, 1.165) is 19.3 Å². The van der Waals surface area contributed by atoms with Crippen LogP contribution in [0.4, 0.5) is 0 Å². The zero-order valence-electron chi connectivity index (χ0n) is 12.1. The van der Waals surface area contributed by atoms with Crippen LogP contribution in [0.1, 0.15) is 31.7 Å².